The van der Waals surface area contributed by atoms with Crippen LogP contribution >= 0.6 is 0 Å². The van der Waals surface area contributed by atoms with E-state index in [0.717, 1.165) is 49.7 Å². The molecule has 3 amide bonds. The summed E-state index contributed by atoms with van der Waals surface area (Å²) in [4.78, 5) is 27.8. The maximum atomic E-state index is 13.0. The molecule has 1 aromatic carbocycles. The molecule has 2 atom stereocenters. The van der Waals surface area contributed by atoms with E-state index < -0.39 is 0 Å². The third-order valence-electron chi connectivity index (χ3n) is 6.76. The highest BCUT2D eigenvalue weighted by Gasteiger charge is 2.41. The van der Waals surface area contributed by atoms with Gasteiger partial charge in [0, 0.05) is 29.7 Å². The summed E-state index contributed by atoms with van der Waals surface area (Å²) >= 11 is 0. The number of aryl methyl sites for hydroxylation is 1. The van der Waals surface area contributed by atoms with Gasteiger partial charge >= 0.3 is 6.03 Å². The lowest BCUT2D eigenvalue weighted by atomic mass is 9.82. The minimum atomic E-state index is 0.00637. The lowest BCUT2D eigenvalue weighted by Gasteiger charge is -2.49. The number of piperidine rings is 2. The van der Waals surface area contributed by atoms with Gasteiger partial charge in [-0.05, 0) is 64.0 Å². The van der Waals surface area contributed by atoms with Crippen molar-refractivity contribution in [1.82, 2.24) is 15.5 Å². The normalized spacial score (nSPS) is 27.9. The third kappa shape index (κ3) is 4.34. The van der Waals surface area contributed by atoms with Gasteiger partial charge in [0.05, 0.1) is 0 Å². The molecule has 2 saturated heterocycles. The molecular weight excluding hydrogens is 350 g/mol. The van der Waals surface area contributed by atoms with E-state index in [0.29, 0.717) is 6.04 Å². The number of carbonyl (C=O) groups is 2. The molecule has 2 N–H and O–H groups in total. The molecule has 2 heterocycles. The Bertz CT molecular complexity index is 700. The molecular formula is C23H33N3O2. The van der Waals surface area contributed by atoms with Crippen molar-refractivity contribution >= 4 is 11.9 Å². The number of rotatable bonds is 3. The number of fused-ring (bicyclic) bond motifs is 2. The van der Waals surface area contributed by atoms with Crippen molar-refractivity contribution in [3.8, 4) is 0 Å². The number of nitrogens with zero attached hydrogens (tertiary/aromatic N) is 1. The lowest BCUT2D eigenvalue weighted by molar-refractivity contribution is 0.0506. The van der Waals surface area contributed by atoms with E-state index in [1.165, 1.54) is 25.7 Å². The first-order valence-corrected chi connectivity index (χ1v) is 11.1. The number of nitrogens with one attached hydrogen (secondary N) is 2. The Morgan fingerprint density at radius 1 is 0.893 bits per heavy atom. The lowest BCUT2D eigenvalue weighted by Crippen LogP contribution is -2.61. The molecule has 5 heteroatoms. The second-order valence-corrected chi connectivity index (χ2v) is 8.94. The first-order valence-electron chi connectivity index (χ1n) is 11.1. The molecule has 1 aliphatic carbocycles. The van der Waals surface area contributed by atoms with E-state index in [9.17, 15) is 9.59 Å². The van der Waals surface area contributed by atoms with E-state index in [1.807, 2.05) is 31.2 Å². The minimum Gasteiger partial charge on any atom is -0.349 e. The van der Waals surface area contributed by atoms with Gasteiger partial charge in [-0.2, -0.15) is 0 Å². The molecule has 2 bridgehead atoms. The van der Waals surface area contributed by atoms with E-state index in [-0.39, 0.29) is 30.1 Å². The second kappa shape index (κ2) is 8.54. The molecule has 0 aromatic heterocycles. The molecule has 3 aliphatic rings. The zero-order valence-electron chi connectivity index (χ0n) is 17.0. The Labute approximate surface area is 168 Å². The first-order chi connectivity index (χ1) is 13.6. The van der Waals surface area contributed by atoms with Crippen molar-refractivity contribution in [2.45, 2.75) is 95.3 Å². The fourth-order valence-corrected chi connectivity index (χ4v) is 5.38. The van der Waals surface area contributed by atoms with Crippen molar-refractivity contribution in [1.29, 1.82) is 0 Å². The van der Waals surface area contributed by atoms with E-state index in [4.69, 9.17) is 0 Å². The molecule has 3 fully saturated rings. The summed E-state index contributed by atoms with van der Waals surface area (Å²) < 4.78 is 0. The largest absolute Gasteiger partial charge is 0.349 e. The van der Waals surface area contributed by atoms with Crippen LogP contribution in [0.25, 0.3) is 0 Å². The summed E-state index contributed by atoms with van der Waals surface area (Å²) in [6, 6.07) is 8.87. The number of amides is 3. The summed E-state index contributed by atoms with van der Waals surface area (Å²) in [5.74, 6) is 0.00637. The highest BCUT2D eigenvalue weighted by Crippen LogP contribution is 2.34. The fourth-order valence-electron chi connectivity index (χ4n) is 5.38. The zero-order valence-corrected chi connectivity index (χ0v) is 17.0. The van der Waals surface area contributed by atoms with E-state index >= 15 is 0 Å². The van der Waals surface area contributed by atoms with Gasteiger partial charge in [-0.3, -0.25) is 4.79 Å². The van der Waals surface area contributed by atoms with Gasteiger partial charge < -0.3 is 15.5 Å². The highest BCUT2D eigenvalue weighted by atomic mass is 16.2. The number of hydrogen-bond acceptors (Lipinski definition) is 2. The Balaban J connectivity index is 1.37. The van der Waals surface area contributed by atoms with Gasteiger partial charge in [0.2, 0.25) is 0 Å². The zero-order chi connectivity index (χ0) is 19.5. The van der Waals surface area contributed by atoms with Gasteiger partial charge in [-0.1, -0.05) is 37.0 Å². The predicted octanol–water partition coefficient (Wildman–Crippen LogP) is 4.15. The summed E-state index contributed by atoms with van der Waals surface area (Å²) in [5.41, 5.74) is 1.82. The van der Waals surface area contributed by atoms with E-state index in [1.54, 1.807) is 0 Å². The molecule has 28 heavy (non-hydrogen) atoms. The van der Waals surface area contributed by atoms with Crippen molar-refractivity contribution < 1.29 is 9.59 Å². The molecule has 0 spiro atoms. The Morgan fingerprint density at radius 3 is 2.29 bits per heavy atom. The standard InChI is InChI=1S/C23H33N3O2/c1-16-7-5-8-17(13-16)22(27)24-19-14-20-11-6-12-21(15-19)26(20)23(28)25-18-9-3-2-4-10-18/h5,7-8,13,18-21H,2-4,6,9-12,14-15H2,1H3,(H,24,27)(H,25,28)/t20-,21-/m0/s1. The molecule has 152 valence electrons. The number of hydrogen-bond donors (Lipinski definition) is 2. The minimum absolute atomic E-state index is 0.00637. The number of carbonyl (C=O) groups excluding carboxylic acids is 2. The molecule has 1 saturated carbocycles. The highest BCUT2D eigenvalue weighted by molar-refractivity contribution is 5.94. The van der Waals surface area contributed by atoms with Gasteiger partial charge in [-0.25, -0.2) is 4.79 Å². The summed E-state index contributed by atoms with van der Waals surface area (Å²) in [6.45, 7) is 2.00. The van der Waals surface area contributed by atoms with Crippen LogP contribution in [0.15, 0.2) is 24.3 Å². The second-order valence-electron chi connectivity index (χ2n) is 8.94. The maximum absolute atomic E-state index is 13.0. The molecule has 1 aromatic rings. The van der Waals surface area contributed by atoms with Crippen molar-refractivity contribution in [3.63, 3.8) is 0 Å². The quantitative estimate of drug-likeness (QED) is 0.823. The van der Waals surface area contributed by atoms with Crippen molar-refractivity contribution in [3.05, 3.63) is 35.4 Å². The van der Waals surface area contributed by atoms with Crippen LogP contribution in [0.1, 0.15) is 80.1 Å². The van der Waals surface area contributed by atoms with Crippen LogP contribution in [-0.2, 0) is 0 Å². The van der Waals surface area contributed by atoms with Crippen LogP contribution in [0.5, 0.6) is 0 Å². The van der Waals surface area contributed by atoms with Crippen LogP contribution < -0.4 is 10.6 Å². The molecule has 0 unspecified atom stereocenters. The molecule has 4 rings (SSSR count). The van der Waals surface area contributed by atoms with Crippen LogP contribution in [-0.4, -0.2) is 41.0 Å². The van der Waals surface area contributed by atoms with E-state index in [2.05, 4.69) is 15.5 Å². The fraction of sp³-hybridized carbons (Fsp3) is 0.652. The smallest absolute Gasteiger partial charge is 0.318 e. The summed E-state index contributed by atoms with van der Waals surface area (Å²) in [6.07, 6.45) is 11.0. The number of benzene rings is 1. The van der Waals surface area contributed by atoms with Gasteiger partial charge in [0.1, 0.15) is 0 Å². The van der Waals surface area contributed by atoms with Gasteiger partial charge in [0.15, 0.2) is 0 Å². The molecule has 0 radical (unpaired) electrons. The van der Waals surface area contributed by atoms with Gasteiger partial charge in [0.25, 0.3) is 5.91 Å². The van der Waals surface area contributed by atoms with Crippen LogP contribution in [0.3, 0.4) is 0 Å². The maximum Gasteiger partial charge on any atom is 0.318 e. The molecule has 5 nitrogen and oxygen atoms in total. The average Bonchev–Trinajstić information content (AvgIpc) is 2.68. The SMILES string of the molecule is Cc1cccc(C(=O)NC2C[C@@H]3CCC[C@@H](C2)N3C(=O)NC2CCCCC2)c1. The van der Waals surface area contributed by atoms with Gasteiger partial charge in [-0.15, -0.1) is 0 Å². The topological polar surface area (TPSA) is 61.4 Å². The molecule has 2 aliphatic heterocycles. The number of urea groups is 1. The average molecular weight is 384 g/mol. The van der Waals surface area contributed by atoms with Crippen molar-refractivity contribution in [2.24, 2.45) is 0 Å². The summed E-state index contributed by atoms with van der Waals surface area (Å²) in [7, 11) is 0. The Morgan fingerprint density at radius 2 is 1.61 bits per heavy atom. The van der Waals surface area contributed by atoms with Crippen LogP contribution in [0.2, 0.25) is 0 Å². The van der Waals surface area contributed by atoms with Crippen LogP contribution in [0.4, 0.5) is 4.79 Å². The third-order valence-corrected chi connectivity index (χ3v) is 6.76. The van der Waals surface area contributed by atoms with Crippen LogP contribution in [0, 0.1) is 6.92 Å². The Kier molecular flexibility index (Phi) is 5.88. The first kappa shape index (κ1) is 19.3. The Hall–Kier alpha value is -2.04. The monoisotopic (exact) mass is 383 g/mol. The summed E-state index contributed by atoms with van der Waals surface area (Å²) in [5, 5.41) is 6.54. The predicted molar refractivity (Wildman–Crippen MR) is 110 cm³/mol. The van der Waals surface area contributed by atoms with Crippen molar-refractivity contribution in [2.75, 3.05) is 0 Å².